The van der Waals surface area contributed by atoms with E-state index in [-0.39, 0.29) is 29.6 Å². The average molecular weight is 741 g/mol. The monoisotopic (exact) mass is 740 g/mol. The summed E-state index contributed by atoms with van der Waals surface area (Å²) in [7, 11) is 0. The number of hydrogen-bond acceptors (Lipinski definition) is 13. The Bertz CT molecular complexity index is 1260. The van der Waals surface area contributed by atoms with Gasteiger partial charge in [-0.3, -0.25) is 0 Å². The highest BCUT2D eigenvalue weighted by molar-refractivity contribution is 5.15. The molecule has 4 saturated carbocycles. The summed E-state index contributed by atoms with van der Waals surface area (Å²) >= 11 is 0. The van der Waals surface area contributed by atoms with E-state index in [1.165, 1.54) is 25.7 Å². The first-order chi connectivity index (χ1) is 24.7. The quantitative estimate of drug-likeness (QED) is 0.194. The van der Waals surface area contributed by atoms with Crippen LogP contribution >= 0.6 is 0 Å². The summed E-state index contributed by atoms with van der Waals surface area (Å²) in [5.74, 6) is 3.63. The van der Waals surface area contributed by atoms with E-state index < -0.39 is 73.8 Å². The molecule has 7 N–H and O–H groups in total. The molecule has 8 rings (SSSR count). The van der Waals surface area contributed by atoms with E-state index in [4.69, 9.17) is 28.4 Å². The number of hydrogen-bond donors (Lipinski definition) is 7. The number of fused-ring (bicyclic) bond motifs is 7. The summed E-state index contributed by atoms with van der Waals surface area (Å²) in [6.45, 7) is 9.58. The van der Waals surface area contributed by atoms with Gasteiger partial charge in [0.05, 0.1) is 32.0 Å². The Balaban J connectivity index is 0.886. The third kappa shape index (κ3) is 6.06. The minimum atomic E-state index is -1.62. The molecule has 0 aromatic rings. The Morgan fingerprint density at radius 3 is 2.10 bits per heavy atom. The first-order valence-electron chi connectivity index (χ1n) is 20.3. The SMILES string of the molecule is C[C@H]1CC[C@@]2(OC1)OC1CC3C4CCC5C[C@@H](OC6O[C@H](CO[C@@H]7O[C@H](CO)[C@@H](O)[C@H](O)[C@H]7O)[C@@H](O)[C@H](O)[C@H]6O)CC[C@]5(C)C4CC[C@]3(C)C1[C@@H]2C. The van der Waals surface area contributed by atoms with Crippen molar-refractivity contribution in [3.63, 3.8) is 0 Å². The number of ether oxygens (including phenoxy) is 6. The minimum Gasteiger partial charge on any atom is -0.394 e. The van der Waals surface area contributed by atoms with Gasteiger partial charge in [-0.2, -0.15) is 0 Å². The topological polar surface area (TPSA) is 197 Å². The van der Waals surface area contributed by atoms with Crippen LogP contribution in [-0.2, 0) is 28.4 Å². The van der Waals surface area contributed by atoms with Crippen molar-refractivity contribution < 1.29 is 64.2 Å². The second-order valence-electron chi connectivity index (χ2n) is 18.8. The van der Waals surface area contributed by atoms with E-state index in [0.29, 0.717) is 41.4 Å². The van der Waals surface area contributed by atoms with Crippen LogP contribution in [0.25, 0.3) is 0 Å². The highest BCUT2D eigenvalue weighted by Gasteiger charge is 2.69. The van der Waals surface area contributed by atoms with Crippen molar-refractivity contribution >= 4 is 0 Å². The van der Waals surface area contributed by atoms with Gasteiger partial charge in [-0.15, -0.1) is 0 Å². The van der Waals surface area contributed by atoms with E-state index in [9.17, 15) is 35.7 Å². The van der Waals surface area contributed by atoms with Crippen molar-refractivity contribution in [1.82, 2.24) is 0 Å². The molecule has 22 atom stereocenters. The fraction of sp³-hybridized carbons (Fsp3) is 1.00. The number of rotatable bonds is 6. The number of aliphatic hydroxyl groups excluding tert-OH is 7. The van der Waals surface area contributed by atoms with Gasteiger partial charge in [0.2, 0.25) is 0 Å². The Hall–Kier alpha value is -0.520. The highest BCUT2D eigenvalue weighted by atomic mass is 16.7. The van der Waals surface area contributed by atoms with Crippen LogP contribution < -0.4 is 0 Å². The van der Waals surface area contributed by atoms with Crippen LogP contribution in [0.2, 0.25) is 0 Å². The maximum absolute atomic E-state index is 10.9. The molecule has 8 aliphatic rings. The van der Waals surface area contributed by atoms with Crippen LogP contribution in [0.3, 0.4) is 0 Å². The van der Waals surface area contributed by atoms with Gasteiger partial charge in [-0.05, 0) is 104 Å². The second kappa shape index (κ2) is 14.1. The molecule has 52 heavy (non-hydrogen) atoms. The van der Waals surface area contributed by atoms with Gasteiger partial charge in [0.1, 0.15) is 48.8 Å². The zero-order chi connectivity index (χ0) is 36.9. The standard InChI is InChI=1S/C39H64O13/c1-18-7-12-39(48-16-18)19(2)28-25(52-39)14-24-22-6-5-20-13-21(8-10-37(20,3)23(22)9-11-38(24,28)4)49-36-34(46)32(44)30(42)27(51-36)17-47-35-33(45)31(43)29(41)26(15-40)50-35/h18-36,40-46H,5-17H2,1-4H3/t18-,19-,20?,21-,22?,23?,24?,25?,26+,27+,28?,29+,30+,31-,32-,33+,34+,35+,36?,37-,38-,39+/m0/s1. The van der Waals surface area contributed by atoms with Gasteiger partial charge >= 0.3 is 0 Å². The normalized spacial score (nSPS) is 59.0. The molecule has 0 aromatic heterocycles. The van der Waals surface area contributed by atoms with E-state index in [1.54, 1.807) is 0 Å². The van der Waals surface area contributed by atoms with Crippen molar-refractivity contribution in [3.05, 3.63) is 0 Å². The first kappa shape index (κ1) is 38.4. The Labute approximate surface area is 307 Å². The largest absolute Gasteiger partial charge is 0.394 e. The van der Waals surface area contributed by atoms with Crippen molar-refractivity contribution in [3.8, 4) is 0 Å². The summed E-state index contributed by atoms with van der Waals surface area (Å²) in [5.41, 5.74) is 0.468. The summed E-state index contributed by atoms with van der Waals surface area (Å²) < 4.78 is 36.9. The predicted molar refractivity (Wildman–Crippen MR) is 183 cm³/mol. The van der Waals surface area contributed by atoms with Crippen LogP contribution in [0.4, 0.5) is 0 Å². The lowest BCUT2D eigenvalue weighted by Gasteiger charge is -2.61. The summed E-state index contributed by atoms with van der Waals surface area (Å²) in [4.78, 5) is 0. The van der Waals surface area contributed by atoms with Crippen molar-refractivity contribution in [2.24, 2.45) is 52.3 Å². The molecule has 4 saturated heterocycles. The molecule has 7 unspecified atom stereocenters. The summed E-state index contributed by atoms with van der Waals surface area (Å²) in [6, 6.07) is 0. The molecule has 298 valence electrons. The lowest BCUT2D eigenvalue weighted by Crippen LogP contribution is -2.62. The molecule has 1 spiro atoms. The van der Waals surface area contributed by atoms with Crippen LogP contribution in [0.15, 0.2) is 0 Å². The minimum absolute atomic E-state index is 0.188. The molecule has 0 aromatic carbocycles. The molecule has 8 fully saturated rings. The molecule has 4 aliphatic heterocycles. The fourth-order valence-corrected chi connectivity index (χ4v) is 13.1. The number of aliphatic hydroxyl groups is 7. The van der Waals surface area contributed by atoms with Crippen LogP contribution in [0.1, 0.15) is 91.9 Å². The van der Waals surface area contributed by atoms with E-state index in [0.717, 1.165) is 45.1 Å². The van der Waals surface area contributed by atoms with E-state index in [1.807, 2.05) is 0 Å². The zero-order valence-electron chi connectivity index (χ0n) is 31.2. The molecule has 0 bridgehead atoms. The van der Waals surface area contributed by atoms with Gasteiger partial charge in [-0.25, -0.2) is 0 Å². The predicted octanol–water partition coefficient (Wildman–Crippen LogP) is 1.44. The van der Waals surface area contributed by atoms with Crippen molar-refractivity contribution in [2.75, 3.05) is 19.8 Å². The molecule has 4 aliphatic carbocycles. The molecule has 0 radical (unpaired) electrons. The van der Waals surface area contributed by atoms with Gasteiger partial charge in [0, 0.05) is 12.3 Å². The maximum Gasteiger partial charge on any atom is 0.186 e. The van der Waals surface area contributed by atoms with E-state index >= 15 is 0 Å². The second-order valence-corrected chi connectivity index (χ2v) is 18.8. The van der Waals surface area contributed by atoms with Crippen LogP contribution in [-0.4, -0.2) is 135 Å². The van der Waals surface area contributed by atoms with Crippen molar-refractivity contribution in [2.45, 2.75) is 171 Å². The highest BCUT2D eigenvalue weighted by Crippen LogP contribution is 2.71. The molecular weight excluding hydrogens is 676 g/mol. The van der Waals surface area contributed by atoms with Crippen LogP contribution in [0.5, 0.6) is 0 Å². The lowest BCUT2D eigenvalue weighted by atomic mass is 9.44. The molecule has 4 heterocycles. The smallest absolute Gasteiger partial charge is 0.186 e. The third-order valence-electron chi connectivity index (χ3n) is 16.2. The maximum atomic E-state index is 10.9. The third-order valence-corrected chi connectivity index (χ3v) is 16.2. The van der Waals surface area contributed by atoms with Gasteiger partial charge < -0.3 is 64.2 Å². The average Bonchev–Trinajstić information content (AvgIpc) is 3.58. The first-order valence-corrected chi connectivity index (χ1v) is 20.3. The summed E-state index contributed by atoms with van der Waals surface area (Å²) in [5, 5.41) is 72.4. The van der Waals surface area contributed by atoms with E-state index in [2.05, 4.69) is 27.7 Å². The van der Waals surface area contributed by atoms with Gasteiger partial charge in [0.15, 0.2) is 18.4 Å². The van der Waals surface area contributed by atoms with Gasteiger partial charge in [0.25, 0.3) is 0 Å². The lowest BCUT2D eigenvalue weighted by molar-refractivity contribution is -0.338. The molecular formula is C39H64O13. The van der Waals surface area contributed by atoms with Crippen molar-refractivity contribution in [1.29, 1.82) is 0 Å². The van der Waals surface area contributed by atoms with Crippen LogP contribution in [0, 0.1) is 52.3 Å². The molecule has 13 nitrogen and oxygen atoms in total. The van der Waals surface area contributed by atoms with Gasteiger partial charge in [-0.1, -0.05) is 27.7 Å². The Morgan fingerprint density at radius 1 is 0.692 bits per heavy atom. The Morgan fingerprint density at radius 2 is 1.38 bits per heavy atom. The summed E-state index contributed by atoms with van der Waals surface area (Å²) in [6.07, 6.45) is -3.38. The fourth-order valence-electron chi connectivity index (χ4n) is 13.1. The Kier molecular flexibility index (Phi) is 10.4. The molecule has 13 heteroatoms. The zero-order valence-corrected chi connectivity index (χ0v) is 31.2. The molecule has 0 amide bonds.